The summed E-state index contributed by atoms with van der Waals surface area (Å²) in [4.78, 5) is 17.6. The molecule has 2 unspecified atom stereocenters. The number of hydrogen-bond donors (Lipinski definition) is 2. The van der Waals surface area contributed by atoms with Gasteiger partial charge in [-0.25, -0.2) is 0 Å². The molecule has 3 N–H and O–H groups in total. The molecular formula is C14H28N4O2. The molecule has 1 heterocycles. The Labute approximate surface area is 121 Å². The Morgan fingerprint density at radius 3 is 2.75 bits per heavy atom. The van der Waals surface area contributed by atoms with E-state index in [1.54, 1.807) is 19.0 Å². The average Bonchev–Trinajstić information content (AvgIpc) is 2.83. The number of guanidine groups is 1. The number of amides is 1. The van der Waals surface area contributed by atoms with Gasteiger partial charge in [0.05, 0.1) is 12.6 Å². The van der Waals surface area contributed by atoms with Crippen molar-refractivity contribution >= 4 is 11.9 Å². The number of aliphatic imine (C=N–C) groups is 1. The van der Waals surface area contributed by atoms with Crippen LogP contribution >= 0.6 is 0 Å². The van der Waals surface area contributed by atoms with Gasteiger partial charge in [0.25, 0.3) is 5.91 Å². The Morgan fingerprint density at radius 1 is 1.45 bits per heavy atom. The molecule has 0 bridgehead atoms. The van der Waals surface area contributed by atoms with Crippen molar-refractivity contribution in [1.29, 1.82) is 0 Å². The number of nitrogens with one attached hydrogen (secondary N) is 1. The highest BCUT2D eigenvalue weighted by Gasteiger charge is 2.31. The summed E-state index contributed by atoms with van der Waals surface area (Å²) in [7, 11) is 3.49. The van der Waals surface area contributed by atoms with Crippen molar-refractivity contribution in [3.8, 4) is 0 Å². The van der Waals surface area contributed by atoms with Crippen LogP contribution in [-0.2, 0) is 9.53 Å². The molecule has 1 aliphatic heterocycles. The van der Waals surface area contributed by atoms with Crippen LogP contribution in [0.15, 0.2) is 4.99 Å². The molecule has 0 radical (unpaired) electrons. The van der Waals surface area contributed by atoms with Gasteiger partial charge in [-0.3, -0.25) is 9.79 Å². The first-order chi connectivity index (χ1) is 9.40. The monoisotopic (exact) mass is 284 g/mol. The van der Waals surface area contributed by atoms with Crippen LogP contribution in [-0.4, -0.2) is 56.2 Å². The molecule has 0 aromatic heterocycles. The normalized spacial score (nSPS) is 23.1. The van der Waals surface area contributed by atoms with Gasteiger partial charge in [0, 0.05) is 20.6 Å². The highest BCUT2D eigenvalue weighted by Crippen LogP contribution is 2.21. The second-order valence-electron chi connectivity index (χ2n) is 5.89. The van der Waals surface area contributed by atoms with Crippen LogP contribution in [0.2, 0.25) is 0 Å². The predicted octanol–water partition coefficient (Wildman–Crippen LogP) is 0.573. The lowest BCUT2D eigenvalue weighted by Crippen LogP contribution is -2.35. The summed E-state index contributed by atoms with van der Waals surface area (Å²) in [5.74, 6) is 1.13. The van der Waals surface area contributed by atoms with Crippen molar-refractivity contribution in [3.63, 3.8) is 0 Å². The zero-order valence-electron chi connectivity index (χ0n) is 13.1. The van der Waals surface area contributed by atoms with Gasteiger partial charge >= 0.3 is 0 Å². The van der Waals surface area contributed by atoms with Gasteiger partial charge in [-0.15, -0.1) is 0 Å². The van der Waals surface area contributed by atoms with Crippen molar-refractivity contribution in [2.24, 2.45) is 16.6 Å². The topological polar surface area (TPSA) is 79.9 Å². The lowest BCUT2D eigenvalue weighted by Gasteiger charge is -2.16. The highest BCUT2D eigenvalue weighted by atomic mass is 16.5. The second kappa shape index (κ2) is 8.09. The van der Waals surface area contributed by atoms with Gasteiger partial charge in [0.15, 0.2) is 5.96 Å². The van der Waals surface area contributed by atoms with Crippen molar-refractivity contribution < 1.29 is 9.53 Å². The van der Waals surface area contributed by atoms with Gasteiger partial charge in [-0.2, -0.15) is 0 Å². The van der Waals surface area contributed by atoms with E-state index in [4.69, 9.17) is 10.5 Å². The number of carbonyl (C=O) groups excluding carboxylic acids is 1. The van der Waals surface area contributed by atoms with E-state index in [0.29, 0.717) is 18.4 Å². The second-order valence-corrected chi connectivity index (χ2v) is 5.89. The maximum Gasteiger partial charge on any atom is 0.251 e. The molecule has 0 aliphatic carbocycles. The lowest BCUT2D eigenvalue weighted by molar-refractivity contribution is -0.140. The summed E-state index contributed by atoms with van der Waals surface area (Å²) < 4.78 is 5.70. The van der Waals surface area contributed by atoms with Gasteiger partial charge in [-0.1, -0.05) is 13.8 Å². The molecule has 6 nitrogen and oxygen atoms in total. The number of nitrogens with two attached hydrogens (primary N) is 1. The van der Waals surface area contributed by atoms with Gasteiger partial charge in [0.2, 0.25) is 0 Å². The maximum absolute atomic E-state index is 11.8. The fourth-order valence-corrected chi connectivity index (χ4v) is 2.05. The number of nitrogens with zero attached hydrogens (tertiary/aromatic N) is 2. The number of rotatable bonds is 6. The minimum absolute atomic E-state index is 0.00523. The highest BCUT2D eigenvalue weighted by molar-refractivity contribution is 5.80. The summed E-state index contributed by atoms with van der Waals surface area (Å²) in [5.41, 5.74) is 5.79. The Kier molecular flexibility index (Phi) is 6.78. The molecule has 0 aromatic carbocycles. The van der Waals surface area contributed by atoms with Gasteiger partial charge in [-0.05, 0) is 25.2 Å². The van der Waals surface area contributed by atoms with E-state index in [9.17, 15) is 4.79 Å². The Balaban J connectivity index is 2.27. The van der Waals surface area contributed by atoms with Crippen LogP contribution in [0.25, 0.3) is 0 Å². The first-order valence-corrected chi connectivity index (χ1v) is 7.30. The third-order valence-corrected chi connectivity index (χ3v) is 3.32. The summed E-state index contributed by atoms with van der Waals surface area (Å²) in [6, 6.07) is 0. The van der Waals surface area contributed by atoms with Gasteiger partial charge in [0.1, 0.15) is 6.10 Å². The van der Waals surface area contributed by atoms with Crippen molar-refractivity contribution in [3.05, 3.63) is 0 Å². The SMILES string of the molecule is CC(C)CCNC(N)=NCC1CCC(C(=O)N(C)C)O1. The van der Waals surface area contributed by atoms with E-state index in [1.807, 2.05) is 0 Å². The van der Waals surface area contributed by atoms with Crippen molar-refractivity contribution in [2.45, 2.75) is 45.3 Å². The van der Waals surface area contributed by atoms with E-state index >= 15 is 0 Å². The van der Waals surface area contributed by atoms with E-state index in [1.165, 1.54) is 0 Å². The lowest BCUT2D eigenvalue weighted by atomic mass is 10.1. The largest absolute Gasteiger partial charge is 0.370 e. The fourth-order valence-electron chi connectivity index (χ4n) is 2.05. The quantitative estimate of drug-likeness (QED) is 0.552. The number of ether oxygens (including phenoxy) is 1. The van der Waals surface area contributed by atoms with E-state index in [2.05, 4.69) is 24.2 Å². The molecule has 6 heteroatoms. The van der Waals surface area contributed by atoms with E-state index < -0.39 is 0 Å². The molecule has 2 atom stereocenters. The zero-order valence-corrected chi connectivity index (χ0v) is 13.1. The predicted molar refractivity (Wildman–Crippen MR) is 80.5 cm³/mol. The van der Waals surface area contributed by atoms with Crippen molar-refractivity contribution in [2.75, 3.05) is 27.2 Å². The third kappa shape index (κ3) is 5.77. The van der Waals surface area contributed by atoms with Crippen molar-refractivity contribution in [1.82, 2.24) is 10.2 Å². The molecule has 1 amide bonds. The average molecular weight is 284 g/mol. The molecule has 1 saturated heterocycles. The van der Waals surface area contributed by atoms with Crippen LogP contribution in [0.3, 0.4) is 0 Å². The number of hydrogen-bond acceptors (Lipinski definition) is 3. The third-order valence-electron chi connectivity index (χ3n) is 3.32. The molecule has 116 valence electrons. The Morgan fingerprint density at radius 2 is 2.15 bits per heavy atom. The minimum atomic E-state index is -0.319. The van der Waals surface area contributed by atoms with Crippen LogP contribution in [0, 0.1) is 5.92 Å². The molecule has 1 fully saturated rings. The van der Waals surface area contributed by atoms with Crippen LogP contribution in [0.1, 0.15) is 33.1 Å². The molecule has 0 aromatic rings. The number of likely N-dealkylation sites (N-methyl/N-ethyl adjacent to an activating group) is 1. The van der Waals surface area contributed by atoms with Crippen LogP contribution in [0.5, 0.6) is 0 Å². The smallest absolute Gasteiger partial charge is 0.251 e. The standard InChI is InChI=1S/C14H28N4O2/c1-10(2)7-8-16-14(15)17-9-11-5-6-12(20-11)13(19)18(3)4/h10-12H,5-9H2,1-4H3,(H3,15,16,17). The summed E-state index contributed by atoms with van der Waals surface area (Å²) in [5, 5.41) is 3.09. The Bertz CT molecular complexity index is 342. The maximum atomic E-state index is 11.8. The fraction of sp³-hybridized carbons (Fsp3) is 0.857. The van der Waals surface area contributed by atoms with E-state index in [-0.39, 0.29) is 18.1 Å². The summed E-state index contributed by atoms with van der Waals surface area (Å²) >= 11 is 0. The zero-order chi connectivity index (χ0) is 15.1. The summed E-state index contributed by atoms with van der Waals surface area (Å²) in [6.07, 6.45) is 2.36. The van der Waals surface area contributed by atoms with Crippen LogP contribution < -0.4 is 11.1 Å². The molecular weight excluding hydrogens is 256 g/mol. The van der Waals surface area contributed by atoms with Gasteiger partial charge < -0.3 is 20.7 Å². The van der Waals surface area contributed by atoms with E-state index in [0.717, 1.165) is 25.8 Å². The molecule has 0 saturated carbocycles. The number of carbonyl (C=O) groups is 1. The Hall–Kier alpha value is -1.30. The van der Waals surface area contributed by atoms with Crippen LogP contribution in [0.4, 0.5) is 0 Å². The molecule has 1 aliphatic rings. The molecule has 1 rings (SSSR count). The first-order valence-electron chi connectivity index (χ1n) is 7.30. The summed E-state index contributed by atoms with van der Waals surface area (Å²) in [6.45, 7) is 5.69. The minimum Gasteiger partial charge on any atom is -0.370 e. The molecule has 20 heavy (non-hydrogen) atoms. The first kappa shape index (κ1) is 16.8. The molecule has 0 spiro atoms.